The summed E-state index contributed by atoms with van der Waals surface area (Å²) < 4.78 is 1.60. The first-order valence-electron chi connectivity index (χ1n) is 7.08. The van der Waals surface area contributed by atoms with E-state index >= 15 is 0 Å². The standard InChI is InChI=1S/C14H18N6O.ClH/c1-20-13(17-18-19-20)11-3-2-4-12(9-11)16-14(21)10-5-7-15-8-6-10;/h2-4,9-10,15H,5-8H2,1H3,(H,16,21);1H. The Bertz CT molecular complexity index is 638. The molecule has 118 valence electrons. The van der Waals surface area contributed by atoms with E-state index in [4.69, 9.17) is 0 Å². The molecule has 0 aliphatic carbocycles. The number of tetrazole rings is 1. The molecular formula is C14H19ClN6O. The Morgan fingerprint density at radius 3 is 2.82 bits per heavy atom. The Labute approximate surface area is 134 Å². The number of hydrogen-bond acceptors (Lipinski definition) is 5. The number of amides is 1. The third kappa shape index (κ3) is 3.61. The number of aromatic nitrogens is 4. The number of carbonyl (C=O) groups excluding carboxylic acids is 1. The lowest BCUT2D eigenvalue weighted by Gasteiger charge is -2.21. The van der Waals surface area contributed by atoms with E-state index in [1.54, 1.807) is 11.7 Å². The van der Waals surface area contributed by atoms with Gasteiger partial charge in [-0.3, -0.25) is 4.79 Å². The molecule has 3 rings (SSSR count). The van der Waals surface area contributed by atoms with Gasteiger partial charge in [-0.1, -0.05) is 12.1 Å². The van der Waals surface area contributed by atoms with Crippen LogP contribution >= 0.6 is 12.4 Å². The second-order valence-corrected chi connectivity index (χ2v) is 5.22. The minimum atomic E-state index is 0. The number of hydrogen-bond donors (Lipinski definition) is 2. The van der Waals surface area contributed by atoms with Gasteiger partial charge in [-0.25, -0.2) is 4.68 Å². The molecule has 1 fully saturated rings. The Balaban J connectivity index is 0.00000176. The normalized spacial score (nSPS) is 15.1. The van der Waals surface area contributed by atoms with Gasteiger partial charge in [-0.2, -0.15) is 0 Å². The molecule has 0 spiro atoms. The van der Waals surface area contributed by atoms with Crippen LogP contribution in [-0.2, 0) is 11.8 Å². The number of rotatable bonds is 3. The zero-order valence-electron chi connectivity index (χ0n) is 12.3. The van der Waals surface area contributed by atoms with Crippen LogP contribution in [0.4, 0.5) is 5.69 Å². The van der Waals surface area contributed by atoms with Crippen LogP contribution in [-0.4, -0.2) is 39.2 Å². The van der Waals surface area contributed by atoms with Gasteiger partial charge in [0.2, 0.25) is 5.91 Å². The number of nitrogens with one attached hydrogen (secondary N) is 2. The van der Waals surface area contributed by atoms with Crippen LogP contribution in [0.5, 0.6) is 0 Å². The van der Waals surface area contributed by atoms with Crippen LogP contribution < -0.4 is 10.6 Å². The predicted octanol–water partition coefficient (Wildman–Crippen LogP) is 1.24. The van der Waals surface area contributed by atoms with Crippen molar-refractivity contribution in [1.29, 1.82) is 0 Å². The van der Waals surface area contributed by atoms with Crippen molar-refractivity contribution in [3.05, 3.63) is 24.3 Å². The molecule has 0 radical (unpaired) electrons. The molecule has 1 amide bonds. The fraction of sp³-hybridized carbons (Fsp3) is 0.429. The van der Waals surface area contributed by atoms with Crippen LogP contribution in [0.25, 0.3) is 11.4 Å². The van der Waals surface area contributed by atoms with Crippen LogP contribution in [0.15, 0.2) is 24.3 Å². The van der Waals surface area contributed by atoms with Gasteiger partial charge in [0.1, 0.15) is 0 Å². The minimum absolute atomic E-state index is 0. The van der Waals surface area contributed by atoms with Crippen molar-refractivity contribution in [3.63, 3.8) is 0 Å². The summed E-state index contributed by atoms with van der Waals surface area (Å²) in [5, 5.41) is 17.7. The summed E-state index contributed by atoms with van der Waals surface area (Å²) in [7, 11) is 1.79. The smallest absolute Gasteiger partial charge is 0.227 e. The highest BCUT2D eigenvalue weighted by molar-refractivity contribution is 5.93. The molecular weight excluding hydrogens is 304 g/mol. The maximum atomic E-state index is 12.2. The molecule has 2 heterocycles. The molecule has 2 aromatic rings. The highest BCUT2D eigenvalue weighted by Gasteiger charge is 2.21. The molecule has 0 saturated carbocycles. The predicted molar refractivity (Wildman–Crippen MR) is 85.7 cm³/mol. The topological polar surface area (TPSA) is 84.7 Å². The Morgan fingerprint density at radius 2 is 2.14 bits per heavy atom. The van der Waals surface area contributed by atoms with Gasteiger partial charge < -0.3 is 10.6 Å². The molecule has 1 aliphatic heterocycles. The summed E-state index contributed by atoms with van der Waals surface area (Å²) in [6.45, 7) is 1.81. The first-order chi connectivity index (χ1) is 10.2. The summed E-state index contributed by atoms with van der Waals surface area (Å²) in [6.07, 6.45) is 1.78. The van der Waals surface area contributed by atoms with Gasteiger partial charge in [0, 0.05) is 24.2 Å². The Kier molecular flexibility index (Phi) is 5.46. The van der Waals surface area contributed by atoms with Crippen LogP contribution in [0, 0.1) is 5.92 Å². The van der Waals surface area contributed by atoms with Crippen LogP contribution in [0.2, 0.25) is 0 Å². The molecule has 1 saturated heterocycles. The van der Waals surface area contributed by atoms with Crippen molar-refractivity contribution in [2.45, 2.75) is 12.8 Å². The molecule has 2 N–H and O–H groups in total. The van der Waals surface area contributed by atoms with Crippen molar-refractivity contribution in [1.82, 2.24) is 25.5 Å². The highest BCUT2D eigenvalue weighted by atomic mass is 35.5. The first kappa shape index (κ1) is 16.4. The summed E-state index contributed by atoms with van der Waals surface area (Å²) in [6, 6.07) is 7.59. The number of piperidine rings is 1. The average molecular weight is 323 g/mol. The van der Waals surface area contributed by atoms with Crippen molar-refractivity contribution in [2.75, 3.05) is 18.4 Å². The Morgan fingerprint density at radius 1 is 1.36 bits per heavy atom. The van der Waals surface area contributed by atoms with Gasteiger partial charge in [-0.15, -0.1) is 17.5 Å². The number of anilines is 1. The molecule has 22 heavy (non-hydrogen) atoms. The van der Waals surface area contributed by atoms with E-state index in [1.807, 2.05) is 24.3 Å². The number of nitrogens with zero attached hydrogens (tertiary/aromatic N) is 4. The SMILES string of the molecule is Cl.Cn1nnnc1-c1cccc(NC(=O)C2CCNCC2)c1. The van der Waals surface area contributed by atoms with E-state index < -0.39 is 0 Å². The molecule has 1 aliphatic rings. The van der Waals surface area contributed by atoms with Gasteiger partial charge in [-0.05, 0) is 48.5 Å². The average Bonchev–Trinajstić information content (AvgIpc) is 2.94. The lowest BCUT2D eigenvalue weighted by Crippen LogP contribution is -2.34. The lowest BCUT2D eigenvalue weighted by atomic mass is 9.97. The summed E-state index contributed by atoms with van der Waals surface area (Å²) in [5.41, 5.74) is 1.66. The zero-order chi connectivity index (χ0) is 14.7. The number of aryl methyl sites for hydroxylation is 1. The van der Waals surface area contributed by atoms with E-state index in [-0.39, 0.29) is 24.2 Å². The lowest BCUT2D eigenvalue weighted by molar-refractivity contribution is -0.120. The second kappa shape index (κ2) is 7.33. The first-order valence-corrected chi connectivity index (χ1v) is 7.08. The monoisotopic (exact) mass is 322 g/mol. The van der Waals surface area contributed by atoms with E-state index in [0.29, 0.717) is 5.82 Å². The Hall–Kier alpha value is -1.99. The molecule has 8 heteroatoms. The van der Waals surface area contributed by atoms with E-state index in [2.05, 4.69) is 26.2 Å². The third-order valence-corrected chi connectivity index (χ3v) is 3.72. The largest absolute Gasteiger partial charge is 0.326 e. The molecule has 7 nitrogen and oxygen atoms in total. The molecule has 0 unspecified atom stereocenters. The molecule has 1 aromatic carbocycles. The molecule has 1 aromatic heterocycles. The van der Waals surface area contributed by atoms with Crippen molar-refractivity contribution >= 4 is 24.0 Å². The van der Waals surface area contributed by atoms with Gasteiger partial charge in [0.15, 0.2) is 5.82 Å². The van der Waals surface area contributed by atoms with Crippen LogP contribution in [0.3, 0.4) is 0 Å². The van der Waals surface area contributed by atoms with Crippen molar-refractivity contribution < 1.29 is 4.79 Å². The van der Waals surface area contributed by atoms with Crippen molar-refractivity contribution in [3.8, 4) is 11.4 Å². The quantitative estimate of drug-likeness (QED) is 0.888. The summed E-state index contributed by atoms with van der Waals surface area (Å²) >= 11 is 0. The molecule has 0 bridgehead atoms. The summed E-state index contributed by atoms with van der Waals surface area (Å²) in [5.74, 6) is 0.851. The van der Waals surface area contributed by atoms with Gasteiger partial charge >= 0.3 is 0 Å². The maximum Gasteiger partial charge on any atom is 0.227 e. The number of halogens is 1. The third-order valence-electron chi connectivity index (χ3n) is 3.72. The summed E-state index contributed by atoms with van der Waals surface area (Å²) in [4.78, 5) is 12.2. The number of carbonyl (C=O) groups is 1. The highest BCUT2D eigenvalue weighted by Crippen LogP contribution is 2.21. The van der Waals surface area contributed by atoms with E-state index in [9.17, 15) is 4.79 Å². The van der Waals surface area contributed by atoms with Crippen LogP contribution in [0.1, 0.15) is 12.8 Å². The maximum absolute atomic E-state index is 12.2. The number of benzene rings is 1. The van der Waals surface area contributed by atoms with E-state index in [0.717, 1.165) is 37.2 Å². The van der Waals surface area contributed by atoms with E-state index in [1.165, 1.54) is 0 Å². The minimum Gasteiger partial charge on any atom is -0.326 e. The van der Waals surface area contributed by atoms with Gasteiger partial charge in [0.05, 0.1) is 0 Å². The van der Waals surface area contributed by atoms with Crippen molar-refractivity contribution in [2.24, 2.45) is 13.0 Å². The zero-order valence-corrected chi connectivity index (χ0v) is 13.1. The second-order valence-electron chi connectivity index (χ2n) is 5.22. The fourth-order valence-corrected chi connectivity index (χ4v) is 2.54. The molecule has 0 atom stereocenters. The van der Waals surface area contributed by atoms with Gasteiger partial charge in [0.25, 0.3) is 0 Å². The fourth-order valence-electron chi connectivity index (χ4n) is 2.54.